The highest BCUT2D eigenvalue weighted by molar-refractivity contribution is 5.12. The molecule has 1 nitrogen and oxygen atoms in total. The predicted molar refractivity (Wildman–Crippen MR) is 75.5 cm³/mol. The number of hydrogen-bond acceptors (Lipinski definition) is 1. The number of ether oxygens (including phenoxy) is 1. The first-order chi connectivity index (χ1) is 8.42. The van der Waals surface area contributed by atoms with Gasteiger partial charge in [0.25, 0.3) is 0 Å². The Labute approximate surface area is 113 Å². The summed E-state index contributed by atoms with van der Waals surface area (Å²) in [5.74, 6) is 1.63. The van der Waals surface area contributed by atoms with Crippen LogP contribution in [-0.2, 0) is 4.74 Å². The molecule has 1 aliphatic heterocycles. The predicted octanol–water partition coefficient (Wildman–Crippen LogP) is 4.80. The quantitative estimate of drug-likeness (QED) is 0.600. The molecule has 0 radical (unpaired) electrons. The van der Waals surface area contributed by atoms with Gasteiger partial charge in [0.05, 0.1) is 5.60 Å². The Balaban J connectivity index is 2.03. The highest BCUT2D eigenvalue weighted by Crippen LogP contribution is 2.65. The molecule has 3 aliphatic rings. The molecule has 3 rings (SSSR count). The van der Waals surface area contributed by atoms with Crippen LogP contribution in [0.25, 0.3) is 0 Å². The van der Waals surface area contributed by atoms with Crippen molar-refractivity contribution in [3.05, 3.63) is 0 Å². The van der Waals surface area contributed by atoms with Crippen LogP contribution < -0.4 is 0 Å². The van der Waals surface area contributed by atoms with Crippen LogP contribution in [0.4, 0.5) is 0 Å². The van der Waals surface area contributed by atoms with Gasteiger partial charge >= 0.3 is 0 Å². The van der Waals surface area contributed by atoms with Crippen molar-refractivity contribution in [2.75, 3.05) is 6.61 Å². The van der Waals surface area contributed by atoms with Gasteiger partial charge in [-0.1, -0.05) is 34.1 Å². The number of rotatable bonds is 0. The smallest absolute Gasteiger partial charge is 0.0764 e. The summed E-state index contributed by atoms with van der Waals surface area (Å²) in [5, 5.41) is 0. The molecule has 2 saturated carbocycles. The van der Waals surface area contributed by atoms with Crippen molar-refractivity contribution < 1.29 is 4.74 Å². The van der Waals surface area contributed by atoms with E-state index < -0.39 is 0 Å². The SMILES string of the molecule is CC1CCC2C(C)(C)CCC[C@]2(C)C12CCCO2. The van der Waals surface area contributed by atoms with Crippen LogP contribution in [0.2, 0.25) is 0 Å². The van der Waals surface area contributed by atoms with Crippen molar-refractivity contribution in [3.8, 4) is 0 Å². The molecule has 1 spiro atoms. The van der Waals surface area contributed by atoms with Gasteiger partial charge in [-0.15, -0.1) is 0 Å². The van der Waals surface area contributed by atoms with Crippen molar-refractivity contribution in [2.45, 2.75) is 78.2 Å². The van der Waals surface area contributed by atoms with Gasteiger partial charge < -0.3 is 4.74 Å². The minimum absolute atomic E-state index is 0.216. The van der Waals surface area contributed by atoms with Gasteiger partial charge in [0.2, 0.25) is 0 Å². The van der Waals surface area contributed by atoms with Crippen LogP contribution in [0.3, 0.4) is 0 Å². The average molecular weight is 250 g/mol. The third-order valence-corrected chi connectivity index (χ3v) is 6.93. The third-order valence-electron chi connectivity index (χ3n) is 6.93. The molecule has 0 aromatic carbocycles. The topological polar surface area (TPSA) is 9.23 Å². The molecule has 0 aromatic heterocycles. The van der Waals surface area contributed by atoms with Crippen molar-refractivity contribution in [2.24, 2.45) is 22.7 Å². The van der Waals surface area contributed by atoms with Gasteiger partial charge in [0.15, 0.2) is 0 Å². The van der Waals surface area contributed by atoms with E-state index in [0.29, 0.717) is 10.8 Å². The van der Waals surface area contributed by atoms with E-state index in [1.807, 2.05) is 0 Å². The fourth-order valence-electron chi connectivity index (χ4n) is 6.05. The lowest BCUT2D eigenvalue weighted by molar-refractivity contribution is -0.213. The zero-order valence-electron chi connectivity index (χ0n) is 12.7. The molecule has 2 aliphatic carbocycles. The molecule has 18 heavy (non-hydrogen) atoms. The molecule has 104 valence electrons. The Kier molecular flexibility index (Phi) is 2.86. The monoisotopic (exact) mass is 250 g/mol. The highest BCUT2D eigenvalue weighted by Gasteiger charge is 2.63. The Morgan fingerprint density at radius 2 is 1.72 bits per heavy atom. The summed E-state index contributed by atoms with van der Waals surface area (Å²) in [4.78, 5) is 0. The van der Waals surface area contributed by atoms with Gasteiger partial charge in [0.1, 0.15) is 0 Å². The highest BCUT2D eigenvalue weighted by atomic mass is 16.5. The second-order valence-electron chi connectivity index (χ2n) is 8.13. The minimum Gasteiger partial charge on any atom is -0.374 e. The van der Waals surface area contributed by atoms with Gasteiger partial charge in [-0.25, -0.2) is 0 Å². The van der Waals surface area contributed by atoms with E-state index in [9.17, 15) is 0 Å². The molecular weight excluding hydrogens is 220 g/mol. The summed E-state index contributed by atoms with van der Waals surface area (Å²) < 4.78 is 6.46. The van der Waals surface area contributed by atoms with Crippen molar-refractivity contribution >= 4 is 0 Å². The molecule has 3 fully saturated rings. The molecule has 0 N–H and O–H groups in total. The summed E-state index contributed by atoms with van der Waals surface area (Å²) >= 11 is 0. The van der Waals surface area contributed by atoms with E-state index in [-0.39, 0.29) is 5.60 Å². The van der Waals surface area contributed by atoms with E-state index in [1.165, 1.54) is 44.9 Å². The summed E-state index contributed by atoms with van der Waals surface area (Å²) in [6.45, 7) is 11.0. The second kappa shape index (κ2) is 3.98. The fraction of sp³-hybridized carbons (Fsp3) is 1.00. The summed E-state index contributed by atoms with van der Waals surface area (Å²) in [6, 6.07) is 0. The first kappa shape index (κ1) is 13.0. The van der Waals surface area contributed by atoms with Crippen LogP contribution in [0.1, 0.15) is 72.6 Å². The molecule has 0 aromatic rings. The first-order valence-corrected chi connectivity index (χ1v) is 8.06. The fourth-order valence-corrected chi connectivity index (χ4v) is 6.05. The maximum Gasteiger partial charge on any atom is 0.0764 e. The molecule has 1 saturated heterocycles. The zero-order valence-corrected chi connectivity index (χ0v) is 12.7. The van der Waals surface area contributed by atoms with E-state index in [1.54, 1.807) is 0 Å². The summed E-state index contributed by atoms with van der Waals surface area (Å²) in [6.07, 6.45) is 9.62. The third kappa shape index (κ3) is 1.49. The van der Waals surface area contributed by atoms with E-state index in [2.05, 4.69) is 27.7 Å². The Morgan fingerprint density at radius 1 is 0.944 bits per heavy atom. The molecular formula is C17H30O. The Morgan fingerprint density at radius 3 is 2.39 bits per heavy atom. The number of fused-ring (bicyclic) bond motifs is 2. The van der Waals surface area contributed by atoms with Crippen molar-refractivity contribution in [1.82, 2.24) is 0 Å². The molecule has 0 amide bonds. The lowest BCUT2D eigenvalue weighted by atomic mass is 9.44. The summed E-state index contributed by atoms with van der Waals surface area (Å²) in [7, 11) is 0. The Bertz CT molecular complexity index is 327. The number of hydrogen-bond donors (Lipinski definition) is 0. The molecule has 4 atom stereocenters. The molecule has 1 heteroatoms. The van der Waals surface area contributed by atoms with Crippen molar-refractivity contribution in [1.29, 1.82) is 0 Å². The van der Waals surface area contributed by atoms with Crippen LogP contribution >= 0.6 is 0 Å². The van der Waals surface area contributed by atoms with Crippen LogP contribution in [0.5, 0.6) is 0 Å². The first-order valence-electron chi connectivity index (χ1n) is 8.06. The maximum atomic E-state index is 6.46. The van der Waals surface area contributed by atoms with E-state index in [4.69, 9.17) is 4.74 Å². The molecule has 0 bridgehead atoms. The normalized spacial score (nSPS) is 51.3. The van der Waals surface area contributed by atoms with Crippen LogP contribution in [-0.4, -0.2) is 12.2 Å². The Hall–Kier alpha value is -0.0400. The zero-order chi connectivity index (χ0) is 13.0. The maximum absolute atomic E-state index is 6.46. The molecule has 3 unspecified atom stereocenters. The van der Waals surface area contributed by atoms with Gasteiger partial charge in [-0.3, -0.25) is 0 Å². The van der Waals surface area contributed by atoms with E-state index in [0.717, 1.165) is 18.4 Å². The largest absolute Gasteiger partial charge is 0.374 e. The van der Waals surface area contributed by atoms with Crippen LogP contribution in [0.15, 0.2) is 0 Å². The van der Waals surface area contributed by atoms with E-state index >= 15 is 0 Å². The van der Waals surface area contributed by atoms with Gasteiger partial charge in [0, 0.05) is 12.0 Å². The molecule has 1 heterocycles. The standard InChI is InChI=1S/C17H30O/c1-13-7-8-14-15(2,3)9-5-10-16(14,4)17(13)11-6-12-18-17/h13-14H,5-12H2,1-4H3/t13?,14?,16-,17?/m0/s1. The van der Waals surface area contributed by atoms with Crippen LogP contribution in [0, 0.1) is 22.7 Å². The van der Waals surface area contributed by atoms with Gasteiger partial charge in [-0.05, 0) is 55.8 Å². The minimum atomic E-state index is 0.216. The average Bonchev–Trinajstić information content (AvgIpc) is 2.76. The van der Waals surface area contributed by atoms with Crippen molar-refractivity contribution in [3.63, 3.8) is 0 Å². The second-order valence-corrected chi connectivity index (χ2v) is 8.13. The lowest BCUT2D eigenvalue weighted by Gasteiger charge is -2.63. The summed E-state index contributed by atoms with van der Waals surface area (Å²) in [5.41, 5.74) is 1.17. The lowest BCUT2D eigenvalue weighted by Crippen LogP contribution is -2.61. The van der Waals surface area contributed by atoms with Gasteiger partial charge in [-0.2, -0.15) is 0 Å².